The molecular formula is C16H32N2. The SMILES string of the molecule is CNC(C)C1CCCN(C2CCC(C)C(C)C2)C1. The Hall–Kier alpha value is -0.0800. The zero-order valence-electron chi connectivity index (χ0n) is 12.8. The third-order valence-corrected chi connectivity index (χ3v) is 5.74. The molecule has 18 heavy (non-hydrogen) atoms. The maximum Gasteiger partial charge on any atom is 0.00981 e. The number of piperidine rings is 1. The summed E-state index contributed by atoms with van der Waals surface area (Å²) in [7, 11) is 2.11. The first kappa shape index (κ1) is 14.3. The second kappa shape index (κ2) is 6.38. The van der Waals surface area contributed by atoms with E-state index in [1.54, 1.807) is 0 Å². The Labute approximate surface area is 114 Å². The molecule has 1 aliphatic carbocycles. The number of rotatable bonds is 3. The Bertz CT molecular complexity index is 253. The maximum absolute atomic E-state index is 3.45. The lowest BCUT2D eigenvalue weighted by Crippen LogP contribution is -2.49. The van der Waals surface area contributed by atoms with Crippen molar-refractivity contribution in [2.45, 2.75) is 65.0 Å². The second-order valence-electron chi connectivity index (χ2n) is 6.90. The average molecular weight is 252 g/mol. The van der Waals surface area contributed by atoms with Crippen LogP contribution in [0.25, 0.3) is 0 Å². The van der Waals surface area contributed by atoms with Crippen LogP contribution in [0.1, 0.15) is 52.9 Å². The maximum atomic E-state index is 3.45. The van der Waals surface area contributed by atoms with Crippen molar-refractivity contribution in [3.63, 3.8) is 0 Å². The van der Waals surface area contributed by atoms with Gasteiger partial charge in [-0.25, -0.2) is 0 Å². The molecule has 0 bridgehead atoms. The molecule has 1 aliphatic heterocycles. The minimum Gasteiger partial charge on any atom is -0.317 e. The van der Waals surface area contributed by atoms with E-state index in [2.05, 4.69) is 38.0 Å². The van der Waals surface area contributed by atoms with E-state index < -0.39 is 0 Å². The molecule has 1 heterocycles. The summed E-state index contributed by atoms with van der Waals surface area (Å²) in [5.74, 6) is 2.72. The van der Waals surface area contributed by atoms with Crippen molar-refractivity contribution in [1.82, 2.24) is 10.2 Å². The summed E-state index contributed by atoms with van der Waals surface area (Å²) in [5.41, 5.74) is 0. The Balaban J connectivity index is 1.89. The number of likely N-dealkylation sites (tertiary alicyclic amines) is 1. The van der Waals surface area contributed by atoms with E-state index in [-0.39, 0.29) is 0 Å². The van der Waals surface area contributed by atoms with Crippen LogP contribution in [-0.2, 0) is 0 Å². The Morgan fingerprint density at radius 2 is 1.89 bits per heavy atom. The molecule has 5 unspecified atom stereocenters. The van der Waals surface area contributed by atoms with Crippen molar-refractivity contribution in [2.24, 2.45) is 17.8 Å². The van der Waals surface area contributed by atoms with Gasteiger partial charge in [-0.1, -0.05) is 13.8 Å². The Morgan fingerprint density at radius 1 is 1.11 bits per heavy atom. The molecule has 2 fully saturated rings. The molecule has 0 aromatic carbocycles. The van der Waals surface area contributed by atoms with Crippen LogP contribution in [0.15, 0.2) is 0 Å². The molecule has 0 spiro atoms. The van der Waals surface area contributed by atoms with Gasteiger partial charge in [-0.3, -0.25) is 0 Å². The summed E-state index contributed by atoms with van der Waals surface area (Å²) in [6, 6.07) is 1.55. The summed E-state index contributed by atoms with van der Waals surface area (Å²) in [5, 5.41) is 3.45. The van der Waals surface area contributed by atoms with Gasteiger partial charge in [-0.15, -0.1) is 0 Å². The molecule has 0 amide bonds. The van der Waals surface area contributed by atoms with Gasteiger partial charge >= 0.3 is 0 Å². The highest BCUT2D eigenvalue weighted by atomic mass is 15.2. The number of hydrogen-bond acceptors (Lipinski definition) is 2. The van der Waals surface area contributed by atoms with Crippen LogP contribution >= 0.6 is 0 Å². The van der Waals surface area contributed by atoms with Crippen LogP contribution in [0.2, 0.25) is 0 Å². The molecule has 1 N–H and O–H groups in total. The first-order valence-corrected chi connectivity index (χ1v) is 8.03. The number of nitrogens with zero attached hydrogens (tertiary/aromatic N) is 1. The predicted octanol–water partition coefficient (Wildman–Crippen LogP) is 3.13. The third-order valence-electron chi connectivity index (χ3n) is 5.74. The zero-order chi connectivity index (χ0) is 13.1. The molecule has 0 aromatic heterocycles. The van der Waals surface area contributed by atoms with Crippen molar-refractivity contribution in [1.29, 1.82) is 0 Å². The Morgan fingerprint density at radius 3 is 2.56 bits per heavy atom. The van der Waals surface area contributed by atoms with Crippen molar-refractivity contribution >= 4 is 0 Å². The molecule has 0 aromatic rings. The van der Waals surface area contributed by atoms with Crippen molar-refractivity contribution in [2.75, 3.05) is 20.1 Å². The van der Waals surface area contributed by atoms with Crippen LogP contribution in [0.3, 0.4) is 0 Å². The predicted molar refractivity (Wildman–Crippen MR) is 78.8 cm³/mol. The first-order valence-electron chi connectivity index (χ1n) is 8.03. The molecule has 1 saturated carbocycles. The molecule has 2 nitrogen and oxygen atoms in total. The Kier molecular flexibility index (Phi) is 5.08. The summed E-state index contributed by atoms with van der Waals surface area (Å²) in [4.78, 5) is 2.81. The van der Waals surface area contributed by atoms with Gasteiger partial charge < -0.3 is 10.2 Å². The first-order chi connectivity index (χ1) is 8.61. The van der Waals surface area contributed by atoms with Gasteiger partial charge in [0.2, 0.25) is 0 Å². The van der Waals surface area contributed by atoms with E-state index >= 15 is 0 Å². The summed E-state index contributed by atoms with van der Waals surface area (Å²) < 4.78 is 0. The lowest BCUT2D eigenvalue weighted by molar-refractivity contribution is 0.0618. The van der Waals surface area contributed by atoms with Gasteiger partial charge in [0.1, 0.15) is 0 Å². The number of hydrogen-bond donors (Lipinski definition) is 1. The highest BCUT2D eigenvalue weighted by Gasteiger charge is 2.32. The highest BCUT2D eigenvalue weighted by Crippen LogP contribution is 2.34. The van der Waals surface area contributed by atoms with Crippen molar-refractivity contribution in [3.8, 4) is 0 Å². The standard InChI is InChI=1S/C16H32N2/c1-12-7-8-16(10-13(12)2)18-9-5-6-15(11-18)14(3)17-4/h12-17H,5-11H2,1-4H3. The smallest absolute Gasteiger partial charge is 0.00981 e. The van der Waals surface area contributed by atoms with Crippen LogP contribution < -0.4 is 5.32 Å². The summed E-state index contributed by atoms with van der Waals surface area (Å²) in [6.45, 7) is 9.91. The largest absolute Gasteiger partial charge is 0.317 e. The minimum atomic E-state index is 0.674. The zero-order valence-corrected chi connectivity index (χ0v) is 12.8. The number of nitrogens with one attached hydrogen (secondary N) is 1. The van der Waals surface area contributed by atoms with Gasteiger partial charge in [0.25, 0.3) is 0 Å². The molecule has 5 atom stereocenters. The fraction of sp³-hybridized carbons (Fsp3) is 1.00. The van der Waals surface area contributed by atoms with Gasteiger partial charge in [-0.2, -0.15) is 0 Å². The average Bonchev–Trinajstić information content (AvgIpc) is 2.41. The van der Waals surface area contributed by atoms with Crippen LogP contribution in [0, 0.1) is 17.8 Å². The highest BCUT2D eigenvalue weighted by molar-refractivity contribution is 4.87. The van der Waals surface area contributed by atoms with Gasteiger partial charge in [0.05, 0.1) is 0 Å². The van der Waals surface area contributed by atoms with E-state index in [4.69, 9.17) is 0 Å². The topological polar surface area (TPSA) is 15.3 Å². The van der Waals surface area contributed by atoms with Gasteiger partial charge in [-0.05, 0) is 70.4 Å². The monoisotopic (exact) mass is 252 g/mol. The molecular weight excluding hydrogens is 220 g/mol. The van der Waals surface area contributed by atoms with E-state index in [1.807, 2.05) is 0 Å². The van der Waals surface area contributed by atoms with Gasteiger partial charge in [0.15, 0.2) is 0 Å². The van der Waals surface area contributed by atoms with E-state index in [1.165, 1.54) is 45.2 Å². The molecule has 106 valence electrons. The van der Waals surface area contributed by atoms with Crippen molar-refractivity contribution < 1.29 is 0 Å². The van der Waals surface area contributed by atoms with Gasteiger partial charge in [0, 0.05) is 18.6 Å². The van der Waals surface area contributed by atoms with E-state index in [9.17, 15) is 0 Å². The molecule has 0 radical (unpaired) electrons. The van der Waals surface area contributed by atoms with E-state index in [0.717, 1.165) is 23.8 Å². The van der Waals surface area contributed by atoms with Crippen molar-refractivity contribution in [3.05, 3.63) is 0 Å². The van der Waals surface area contributed by atoms with E-state index in [0.29, 0.717) is 6.04 Å². The quantitative estimate of drug-likeness (QED) is 0.830. The van der Waals surface area contributed by atoms with Crippen LogP contribution in [0.4, 0.5) is 0 Å². The lowest BCUT2D eigenvalue weighted by Gasteiger charge is -2.44. The minimum absolute atomic E-state index is 0.674. The lowest BCUT2D eigenvalue weighted by atomic mass is 9.77. The normalized spacial score (nSPS) is 40.7. The fourth-order valence-electron chi connectivity index (χ4n) is 3.87. The molecule has 2 heteroatoms. The summed E-state index contributed by atoms with van der Waals surface area (Å²) >= 11 is 0. The van der Waals surface area contributed by atoms with Crippen LogP contribution in [0.5, 0.6) is 0 Å². The third kappa shape index (κ3) is 3.27. The summed E-state index contributed by atoms with van der Waals surface area (Å²) in [6.07, 6.45) is 7.12. The molecule has 1 saturated heterocycles. The van der Waals surface area contributed by atoms with Crippen LogP contribution in [-0.4, -0.2) is 37.1 Å². The fourth-order valence-corrected chi connectivity index (χ4v) is 3.87. The molecule has 2 rings (SSSR count). The second-order valence-corrected chi connectivity index (χ2v) is 6.90. The molecule has 2 aliphatic rings.